The Bertz CT molecular complexity index is 363. The van der Waals surface area contributed by atoms with E-state index in [-0.39, 0.29) is 0 Å². The van der Waals surface area contributed by atoms with E-state index in [1.165, 1.54) is 84.7 Å². The molecule has 25 heavy (non-hydrogen) atoms. The Morgan fingerprint density at radius 2 is 1.32 bits per heavy atom. The number of hydrogen-bond donors (Lipinski definition) is 0. The highest BCUT2D eigenvalue weighted by Gasteiger charge is 2.18. The van der Waals surface area contributed by atoms with Gasteiger partial charge in [0.2, 0.25) is 6.10 Å². The van der Waals surface area contributed by atoms with Gasteiger partial charge in [-0.1, -0.05) is 83.6 Å². The second-order valence-corrected chi connectivity index (χ2v) is 6.66. The van der Waals surface area contributed by atoms with Gasteiger partial charge in [0.1, 0.15) is 0 Å². The third-order valence-corrected chi connectivity index (χ3v) is 4.26. The molecular weight excluding hydrogens is 316 g/mol. The first kappa shape index (κ1) is 23.7. The first-order valence-electron chi connectivity index (χ1n) is 10.0. The van der Waals surface area contributed by atoms with Crippen molar-refractivity contribution in [1.29, 1.82) is 0 Å². The van der Waals surface area contributed by atoms with E-state index < -0.39 is 18.0 Å². The maximum Gasteiger partial charge on any atom is 0.351 e. The quantitative estimate of drug-likeness (QED) is 0.201. The molecule has 0 heterocycles. The number of carbonyl (C=O) groups excluding carboxylic acids is 2. The molecule has 146 valence electrons. The number of rotatable bonds is 16. The molecule has 0 aromatic carbocycles. The Morgan fingerprint density at radius 3 is 1.76 bits per heavy atom. The summed E-state index contributed by atoms with van der Waals surface area (Å²) in [6.45, 7) is 3.54. The average molecular weight is 355 g/mol. The number of esters is 2. The molecule has 0 aromatic heterocycles. The molecule has 0 aliphatic carbocycles. The van der Waals surface area contributed by atoms with E-state index in [0.717, 1.165) is 12.8 Å². The Morgan fingerprint density at radius 1 is 0.840 bits per heavy atom. The Kier molecular flexibility index (Phi) is 16.6. The molecule has 0 aliphatic heterocycles. The highest BCUT2D eigenvalue weighted by atomic mass is 16.6. The third kappa shape index (κ3) is 15.9. The summed E-state index contributed by atoms with van der Waals surface area (Å²) in [6, 6.07) is 0. The summed E-state index contributed by atoms with van der Waals surface area (Å²) in [5, 5.41) is 0. The van der Waals surface area contributed by atoms with Gasteiger partial charge in [-0.15, -0.1) is 0 Å². The van der Waals surface area contributed by atoms with E-state index in [2.05, 4.69) is 11.7 Å². The van der Waals surface area contributed by atoms with E-state index in [0.29, 0.717) is 0 Å². The van der Waals surface area contributed by atoms with Crippen molar-refractivity contribution in [2.24, 2.45) is 0 Å². The van der Waals surface area contributed by atoms with Crippen molar-refractivity contribution in [2.75, 3.05) is 7.11 Å². The Balaban J connectivity index is 3.52. The number of allylic oxidation sites excluding steroid dienone is 1. The Hall–Kier alpha value is -1.32. The van der Waals surface area contributed by atoms with Crippen molar-refractivity contribution in [3.8, 4) is 0 Å². The van der Waals surface area contributed by atoms with Crippen LogP contribution in [0.5, 0.6) is 0 Å². The first-order valence-corrected chi connectivity index (χ1v) is 10.0. The minimum absolute atomic E-state index is 0.481. The second kappa shape index (κ2) is 17.5. The van der Waals surface area contributed by atoms with Crippen LogP contribution in [0, 0.1) is 0 Å². The van der Waals surface area contributed by atoms with Gasteiger partial charge < -0.3 is 9.47 Å². The fraction of sp³-hybridized carbons (Fsp3) is 0.810. The topological polar surface area (TPSA) is 52.6 Å². The molecule has 0 radical (unpaired) electrons. The van der Waals surface area contributed by atoms with Gasteiger partial charge in [-0.2, -0.15) is 0 Å². The fourth-order valence-electron chi connectivity index (χ4n) is 2.78. The van der Waals surface area contributed by atoms with Gasteiger partial charge in [0.25, 0.3) is 0 Å². The summed E-state index contributed by atoms with van der Waals surface area (Å²) in [7, 11) is 1.29. The summed E-state index contributed by atoms with van der Waals surface area (Å²) in [4.78, 5) is 22.4. The monoisotopic (exact) mass is 354 g/mol. The molecule has 0 amide bonds. The first-order chi connectivity index (χ1) is 12.1. The van der Waals surface area contributed by atoms with Crippen LogP contribution in [0.2, 0.25) is 0 Å². The van der Waals surface area contributed by atoms with Gasteiger partial charge in [-0.05, 0) is 18.9 Å². The maximum atomic E-state index is 11.5. The molecule has 0 bridgehead atoms. The van der Waals surface area contributed by atoms with Crippen LogP contribution in [0.15, 0.2) is 12.2 Å². The molecule has 0 spiro atoms. The minimum Gasteiger partial charge on any atom is -0.466 e. The summed E-state index contributed by atoms with van der Waals surface area (Å²) in [5.74, 6) is -1.02. The van der Waals surface area contributed by atoms with Crippen LogP contribution < -0.4 is 0 Å². The molecule has 0 N–H and O–H groups in total. The molecular formula is C21H38O4. The lowest BCUT2D eigenvalue weighted by atomic mass is 10.0. The number of methoxy groups -OCH3 is 1. The van der Waals surface area contributed by atoms with Crippen molar-refractivity contribution in [1.82, 2.24) is 0 Å². The molecule has 0 aliphatic rings. The number of hydrogen-bond acceptors (Lipinski definition) is 4. The second-order valence-electron chi connectivity index (χ2n) is 6.66. The smallest absolute Gasteiger partial charge is 0.351 e. The van der Waals surface area contributed by atoms with Crippen molar-refractivity contribution >= 4 is 11.9 Å². The summed E-state index contributed by atoms with van der Waals surface area (Å²) >= 11 is 0. The van der Waals surface area contributed by atoms with E-state index in [1.807, 2.05) is 6.08 Å². The molecule has 0 unspecified atom stereocenters. The van der Waals surface area contributed by atoms with Gasteiger partial charge >= 0.3 is 11.9 Å². The average Bonchev–Trinajstić information content (AvgIpc) is 2.60. The fourth-order valence-corrected chi connectivity index (χ4v) is 2.78. The normalized spacial score (nSPS) is 12.3. The van der Waals surface area contributed by atoms with Gasteiger partial charge in [0.15, 0.2) is 0 Å². The van der Waals surface area contributed by atoms with Gasteiger partial charge in [-0.3, -0.25) is 4.79 Å². The zero-order valence-corrected chi connectivity index (χ0v) is 16.6. The van der Waals surface area contributed by atoms with Crippen molar-refractivity contribution in [3.05, 3.63) is 12.2 Å². The lowest BCUT2D eigenvalue weighted by Crippen LogP contribution is -2.25. The highest BCUT2D eigenvalue weighted by Crippen LogP contribution is 2.12. The number of ether oxygens (including phenoxy) is 2. The van der Waals surface area contributed by atoms with Crippen LogP contribution in [0.4, 0.5) is 0 Å². The largest absolute Gasteiger partial charge is 0.466 e. The highest BCUT2D eigenvalue weighted by molar-refractivity contribution is 5.80. The number of unbranched alkanes of at least 4 members (excludes halogenated alkanes) is 12. The molecule has 0 saturated carbocycles. The zero-order valence-electron chi connectivity index (χ0n) is 16.6. The zero-order chi connectivity index (χ0) is 18.8. The SMILES string of the molecule is CCCCCCCCCCCCCC/C=C/[C@H](OC(C)=O)C(=O)OC. The predicted molar refractivity (Wildman–Crippen MR) is 102 cm³/mol. The summed E-state index contributed by atoms with van der Waals surface area (Å²) in [6.07, 6.45) is 19.4. The number of carbonyl (C=O) groups is 2. The van der Waals surface area contributed by atoms with Crippen LogP contribution in [0.25, 0.3) is 0 Å². The van der Waals surface area contributed by atoms with Crippen LogP contribution in [-0.2, 0) is 19.1 Å². The van der Waals surface area contributed by atoms with E-state index >= 15 is 0 Å². The lowest BCUT2D eigenvalue weighted by molar-refractivity contribution is -0.161. The predicted octanol–water partition coefficient (Wildman–Crippen LogP) is 5.74. The van der Waals surface area contributed by atoms with E-state index in [9.17, 15) is 9.59 Å². The standard InChI is InChI=1S/C21H38O4/c1-4-5-6-7-8-9-10-11-12-13-14-15-16-17-18-20(21(23)24-3)25-19(2)22/h17-18,20H,4-16H2,1-3H3/b18-17+/t20-/m0/s1. The van der Waals surface area contributed by atoms with Gasteiger partial charge in [-0.25, -0.2) is 4.79 Å². The lowest BCUT2D eigenvalue weighted by Gasteiger charge is -2.10. The van der Waals surface area contributed by atoms with Gasteiger partial charge in [0.05, 0.1) is 7.11 Å². The molecule has 0 aromatic rings. The van der Waals surface area contributed by atoms with Crippen LogP contribution >= 0.6 is 0 Å². The molecule has 0 saturated heterocycles. The maximum absolute atomic E-state index is 11.5. The summed E-state index contributed by atoms with van der Waals surface area (Å²) in [5.41, 5.74) is 0. The molecule has 0 fully saturated rings. The van der Waals surface area contributed by atoms with Crippen molar-refractivity contribution < 1.29 is 19.1 Å². The molecule has 4 nitrogen and oxygen atoms in total. The Labute approximate surface area is 154 Å². The molecule has 0 rings (SSSR count). The van der Waals surface area contributed by atoms with E-state index in [4.69, 9.17) is 4.74 Å². The van der Waals surface area contributed by atoms with Crippen LogP contribution in [-0.4, -0.2) is 25.2 Å². The molecule has 1 atom stereocenters. The minimum atomic E-state index is -0.917. The van der Waals surface area contributed by atoms with E-state index in [1.54, 1.807) is 6.08 Å². The van der Waals surface area contributed by atoms with Crippen molar-refractivity contribution in [3.63, 3.8) is 0 Å². The summed E-state index contributed by atoms with van der Waals surface area (Å²) < 4.78 is 9.53. The molecule has 4 heteroatoms. The van der Waals surface area contributed by atoms with Gasteiger partial charge in [0, 0.05) is 6.92 Å². The third-order valence-electron chi connectivity index (χ3n) is 4.26. The van der Waals surface area contributed by atoms with Crippen LogP contribution in [0.3, 0.4) is 0 Å². The van der Waals surface area contributed by atoms with Crippen molar-refractivity contribution in [2.45, 2.75) is 103 Å². The van der Waals surface area contributed by atoms with Crippen LogP contribution in [0.1, 0.15) is 97.3 Å².